The Morgan fingerprint density at radius 1 is 1.28 bits per heavy atom. The maximum atomic E-state index is 12.4. The molecule has 2 aliphatic rings. The van der Waals surface area contributed by atoms with E-state index in [4.69, 9.17) is 5.73 Å². The average molecular weight is 253 g/mol. The lowest BCUT2D eigenvalue weighted by Crippen LogP contribution is -2.43. The molecule has 18 heavy (non-hydrogen) atoms. The quantitative estimate of drug-likeness (QED) is 0.815. The number of hydrogen-bond acceptors (Lipinski definition) is 3. The van der Waals surface area contributed by atoms with E-state index < -0.39 is 0 Å². The fraction of sp³-hybridized carbons (Fsp3) is 0.929. The highest BCUT2D eigenvalue weighted by Crippen LogP contribution is 2.27. The van der Waals surface area contributed by atoms with Crippen LogP contribution in [0.15, 0.2) is 0 Å². The van der Waals surface area contributed by atoms with E-state index in [1.54, 1.807) is 0 Å². The van der Waals surface area contributed by atoms with Crippen molar-refractivity contribution < 1.29 is 4.79 Å². The number of nitrogens with zero attached hydrogens (tertiary/aromatic N) is 2. The van der Waals surface area contributed by atoms with Crippen LogP contribution in [0.3, 0.4) is 0 Å². The molecule has 1 saturated carbocycles. The van der Waals surface area contributed by atoms with Crippen molar-refractivity contribution in [1.29, 1.82) is 0 Å². The van der Waals surface area contributed by atoms with Gasteiger partial charge in [-0.3, -0.25) is 9.69 Å². The zero-order valence-electron chi connectivity index (χ0n) is 11.8. The summed E-state index contributed by atoms with van der Waals surface area (Å²) in [6, 6.07) is 0.659. The first-order valence-electron chi connectivity index (χ1n) is 7.45. The molecule has 104 valence electrons. The lowest BCUT2D eigenvalue weighted by Gasteiger charge is -2.27. The van der Waals surface area contributed by atoms with Gasteiger partial charge in [-0.2, -0.15) is 0 Å². The van der Waals surface area contributed by atoms with Gasteiger partial charge in [0, 0.05) is 25.2 Å². The molecule has 0 radical (unpaired) electrons. The van der Waals surface area contributed by atoms with Crippen LogP contribution in [-0.4, -0.2) is 54.0 Å². The van der Waals surface area contributed by atoms with Crippen LogP contribution in [0, 0.1) is 5.92 Å². The van der Waals surface area contributed by atoms with Crippen molar-refractivity contribution in [3.63, 3.8) is 0 Å². The number of carbonyl (C=O) groups is 1. The lowest BCUT2D eigenvalue weighted by molar-refractivity contribution is -0.134. The average Bonchev–Trinajstić information content (AvgIpc) is 2.99. The predicted octanol–water partition coefficient (Wildman–Crippen LogP) is 1.06. The van der Waals surface area contributed by atoms with Gasteiger partial charge in [-0.1, -0.05) is 20.3 Å². The molecule has 1 aliphatic heterocycles. The second-order valence-corrected chi connectivity index (χ2v) is 5.65. The molecule has 0 unspecified atom stereocenters. The third kappa shape index (κ3) is 2.69. The van der Waals surface area contributed by atoms with Crippen molar-refractivity contribution in [3.05, 3.63) is 0 Å². The lowest BCUT2D eigenvalue weighted by atomic mass is 10.0. The molecule has 1 saturated heterocycles. The molecule has 0 aromatic rings. The molecule has 2 rings (SSSR count). The molecule has 4 nitrogen and oxygen atoms in total. The summed E-state index contributed by atoms with van der Waals surface area (Å²) in [5.41, 5.74) is 6.04. The summed E-state index contributed by atoms with van der Waals surface area (Å²) < 4.78 is 0. The Balaban J connectivity index is 1.90. The van der Waals surface area contributed by atoms with Gasteiger partial charge in [0.25, 0.3) is 0 Å². The zero-order chi connectivity index (χ0) is 13.1. The van der Waals surface area contributed by atoms with Gasteiger partial charge < -0.3 is 10.6 Å². The first-order valence-corrected chi connectivity index (χ1v) is 7.45. The van der Waals surface area contributed by atoms with Crippen LogP contribution >= 0.6 is 0 Å². The van der Waals surface area contributed by atoms with Crippen molar-refractivity contribution >= 4 is 5.91 Å². The number of hydrogen-bond donors (Lipinski definition) is 1. The summed E-state index contributed by atoms with van der Waals surface area (Å²) >= 11 is 0. The van der Waals surface area contributed by atoms with Crippen molar-refractivity contribution in [2.45, 2.75) is 51.6 Å². The number of nitrogens with two attached hydrogens (primary N) is 1. The van der Waals surface area contributed by atoms with E-state index in [1.807, 2.05) is 0 Å². The molecule has 1 amide bonds. The molecular weight excluding hydrogens is 226 g/mol. The summed E-state index contributed by atoms with van der Waals surface area (Å²) in [6.45, 7) is 8.37. The highest BCUT2D eigenvalue weighted by molar-refractivity contribution is 5.80. The smallest absolute Gasteiger partial charge is 0.227 e. The standard InChI is InChI=1S/C14H27N3O/c1-3-16(4-2)11-8-9-17(10-11)14(18)12-6-5-7-13(12)15/h11-13H,3-10,15H2,1-2H3/t11-,12+,13+/m1/s1. The molecule has 4 heteroatoms. The summed E-state index contributed by atoms with van der Waals surface area (Å²) in [4.78, 5) is 16.9. The van der Waals surface area contributed by atoms with Gasteiger partial charge in [0.1, 0.15) is 0 Å². The van der Waals surface area contributed by atoms with E-state index in [2.05, 4.69) is 23.6 Å². The molecule has 0 bridgehead atoms. The maximum Gasteiger partial charge on any atom is 0.227 e. The highest BCUT2D eigenvalue weighted by Gasteiger charge is 2.37. The van der Waals surface area contributed by atoms with Crippen molar-refractivity contribution in [3.8, 4) is 0 Å². The van der Waals surface area contributed by atoms with Gasteiger partial charge in [0.2, 0.25) is 5.91 Å². The third-order valence-electron chi connectivity index (χ3n) is 4.69. The third-order valence-corrected chi connectivity index (χ3v) is 4.69. The maximum absolute atomic E-state index is 12.4. The van der Waals surface area contributed by atoms with Crippen molar-refractivity contribution in [2.24, 2.45) is 11.7 Å². The Kier molecular flexibility index (Phi) is 4.62. The van der Waals surface area contributed by atoms with Crippen LogP contribution in [0.25, 0.3) is 0 Å². The zero-order valence-corrected chi connectivity index (χ0v) is 11.8. The summed E-state index contributed by atoms with van der Waals surface area (Å²) in [7, 11) is 0. The minimum absolute atomic E-state index is 0.0976. The summed E-state index contributed by atoms with van der Waals surface area (Å²) in [6.07, 6.45) is 4.25. The highest BCUT2D eigenvalue weighted by atomic mass is 16.2. The Labute approximate surface area is 110 Å². The fourth-order valence-electron chi connectivity index (χ4n) is 3.51. The molecule has 2 fully saturated rings. The summed E-state index contributed by atoms with van der Waals surface area (Å²) in [5, 5.41) is 0. The van der Waals surface area contributed by atoms with E-state index >= 15 is 0 Å². The van der Waals surface area contributed by atoms with E-state index in [1.165, 1.54) is 0 Å². The Hall–Kier alpha value is -0.610. The number of carbonyl (C=O) groups excluding carboxylic acids is 1. The SMILES string of the molecule is CCN(CC)[C@@H]1CCN(C(=O)[C@H]2CCC[C@@H]2N)C1. The number of likely N-dealkylation sites (tertiary alicyclic amines) is 1. The van der Waals surface area contributed by atoms with Gasteiger partial charge in [-0.05, 0) is 32.4 Å². The minimum Gasteiger partial charge on any atom is -0.341 e. The van der Waals surface area contributed by atoms with Crippen LogP contribution in [0.1, 0.15) is 39.5 Å². The van der Waals surface area contributed by atoms with Crippen LogP contribution < -0.4 is 5.73 Å². The van der Waals surface area contributed by atoms with E-state index in [0.29, 0.717) is 11.9 Å². The van der Waals surface area contributed by atoms with E-state index in [-0.39, 0.29) is 12.0 Å². The van der Waals surface area contributed by atoms with Gasteiger partial charge in [0.05, 0.1) is 5.92 Å². The van der Waals surface area contributed by atoms with Gasteiger partial charge in [0.15, 0.2) is 0 Å². The Bertz CT molecular complexity index is 291. The van der Waals surface area contributed by atoms with Crippen LogP contribution in [-0.2, 0) is 4.79 Å². The normalized spacial score (nSPS) is 32.4. The van der Waals surface area contributed by atoms with E-state index in [0.717, 1.165) is 51.9 Å². The topological polar surface area (TPSA) is 49.6 Å². The van der Waals surface area contributed by atoms with Crippen LogP contribution in [0.2, 0.25) is 0 Å². The predicted molar refractivity (Wildman–Crippen MR) is 73.2 cm³/mol. The summed E-state index contributed by atoms with van der Waals surface area (Å²) in [5.74, 6) is 0.412. The number of rotatable bonds is 4. The first kappa shape index (κ1) is 13.8. The Morgan fingerprint density at radius 2 is 2.00 bits per heavy atom. The Morgan fingerprint density at radius 3 is 2.56 bits per heavy atom. The van der Waals surface area contributed by atoms with Gasteiger partial charge >= 0.3 is 0 Å². The van der Waals surface area contributed by atoms with Gasteiger partial charge in [-0.15, -0.1) is 0 Å². The monoisotopic (exact) mass is 253 g/mol. The largest absolute Gasteiger partial charge is 0.341 e. The number of likely N-dealkylation sites (N-methyl/N-ethyl adjacent to an activating group) is 1. The van der Waals surface area contributed by atoms with Crippen LogP contribution in [0.4, 0.5) is 0 Å². The molecule has 2 N–H and O–H groups in total. The molecule has 1 aliphatic carbocycles. The van der Waals surface area contributed by atoms with Crippen molar-refractivity contribution in [2.75, 3.05) is 26.2 Å². The minimum atomic E-state index is 0.0976. The van der Waals surface area contributed by atoms with Crippen LogP contribution in [0.5, 0.6) is 0 Å². The first-order chi connectivity index (χ1) is 8.67. The molecular formula is C14H27N3O. The number of amides is 1. The molecule has 0 spiro atoms. The van der Waals surface area contributed by atoms with E-state index in [9.17, 15) is 4.79 Å². The molecule has 0 aromatic heterocycles. The van der Waals surface area contributed by atoms with Gasteiger partial charge in [-0.25, -0.2) is 0 Å². The second kappa shape index (κ2) is 6.02. The molecule has 0 aromatic carbocycles. The fourth-order valence-corrected chi connectivity index (χ4v) is 3.51. The molecule has 3 atom stereocenters. The second-order valence-electron chi connectivity index (χ2n) is 5.65. The molecule has 1 heterocycles. The van der Waals surface area contributed by atoms with Crippen molar-refractivity contribution in [1.82, 2.24) is 9.80 Å².